The van der Waals surface area contributed by atoms with E-state index in [0.717, 1.165) is 10.7 Å². The molecule has 0 unspecified atom stereocenters. The summed E-state index contributed by atoms with van der Waals surface area (Å²) in [4.78, 5) is 11.1. The van der Waals surface area contributed by atoms with Crippen LogP contribution in [0.5, 0.6) is 0 Å². The minimum absolute atomic E-state index is 0.248. The highest BCUT2D eigenvalue weighted by molar-refractivity contribution is 7.92. The normalized spacial score (nSPS) is 18.2. The highest BCUT2D eigenvalue weighted by Crippen LogP contribution is 2.29. The van der Waals surface area contributed by atoms with Crippen LogP contribution in [0.2, 0.25) is 0 Å². The molecule has 0 atom stereocenters. The molecule has 0 radical (unpaired) electrons. The Kier molecular flexibility index (Phi) is 6.81. The van der Waals surface area contributed by atoms with E-state index in [0.29, 0.717) is 45.1 Å². The van der Waals surface area contributed by atoms with Crippen molar-refractivity contribution in [2.24, 2.45) is 4.99 Å². The molecule has 1 aromatic rings. The summed E-state index contributed by atoms with van der Waals surface area (Å²) in [7, 11) is -1.29. The van der Waals surface area contributed by atoms with Crippen LogP contribution in [0.4, 0.5) is 0 Å². The van der Waals surface area contributed by atoms with Crippen molar-refractivity contribution in [2.75, 3.05) is 39.6 Å². The monoisotopic (exact) mass is 388 g/mol. The van der Waals surface area contributed by atoms with E-state index in [9.17, 15) is 8.42 Å². The Morgan fingerprint density at radius 1 is 1.48 bits per heavy atom. The van der Waals surface area contributed by atoms with Crippen molar-refractivity contribution < 1.29 is 13.2 Å². The summed E-state index contributed by atoms with van der Waals surface area (Å²) < 4.78 is 29.3. The van der Waals surface area contributed by atoms with Crippen LogP contribution < -0.4 is 5.32 Å². The number of hydrogen-bond donors (Lipinski definition) is 1. The Labute approximate surface area is 154 Å². The average molecular weight is 389 g/mol. The molecule has 25 heavy (non-hydrogen) atoms. The first kappa shape index (κ1) is 20.1. The van der Waals surface area contributed by atoms with E-state index in [1.165, 1.54) is 6.26 Å². The second kappa shape index (κ2) is 8.46. The molecular formula is C16H28N4O3S2. The van der Waals surface area contributed by atoms with E-state index < -0.39 is 14.6 Å². The van der Waals surface area contributed by atoms with Gasteiger partial charge < -0.3 is 15.0 Å². The fraction of sp³-hybridized carbons (Fsp3) is 0.750. The number of nitrogens with zero attached hydrogens (tertiary/aromatic N) is 3. The third kappa shape index (κ3) is 5.15. The maximum absolute atomic E-state index is 12.4. The molecule has 0 bridgehead atoms. The quantitative estimate of drug-likeness (QED) is 0.586. The van der Waals surface area contributed by atoms with Crippen LogP contribution in [-0.4, -0.2) is 68.6 Å². The number of rotatable bonds is 6. The summed E-state index contributed by atoms with van der Waals surface area (Å²) in [5, 5.41) is 6.31. The molecule has 1 saturated heterocycles. The van der Waals surface area contributed by atoms with Gasteiger partial charge in [-0.2, -0.15) is 0 Å². The standard InChI is InChI=1S/C16H28N4O3S2/c1-5-17-15(20(3)10-14-11-24-13(2)19-14)18-12-16(25(4,21)22)6-8-23-9-7-16/h11H,5-10,12H2,1-4H3,(H,17,18). The molecule has 0 spiro atoms. The van der Waals surface area contributed by atoms with E-state index in [1.807, 2.05) is 31.2 Å². The van der Waals surface area contributed by atoms with Gasteiger partial charge in [-0.05, 0) is 26.7 Å². The van der Waals surface area contributed by atoms with Crippen LogP contribution in [0.1, 0.15) is 30.5 Å². The Balaban J connectivity index is 2.16. The number of aryl methyl sites for hydroxylation is 1. The predicted octanol–water partition coefficient (Wildman–Crippen LogP) is 1.44. The van der Waals surface area contributed by atoms with Crippen molar-refractivity contribution in [2.45, 2.75) is 38.0 Å². The summed E-state index contributed by atoms with van der Waals surface area (Å²) in [5.74, 6) is 0.697. The second-order valence-corrected chi connectivity index (χ2v) is 9.92. The van der Waals surface area contributed by atoms with Crippen LogP contribution in [-0.2, 0) is 21.1 Å². The molecule has 1 aromatic heterocycles. The van der Waals surface area contributed by atoms with Gasteiger partial charge in [0, 0.05) is 38.4 Å². The first-order valence-corrected chi connectivity index (χ1v) is 11.2. The minimum atomic E-state index is -3.22. The van der Waals surface area contributed by atoms with Crippen LogP contribution in [0.25, 0.3) is 0 Å². The number of thiazole rings is 1. The van der Waals surface area contributed by atoms with Gasteiger partial charge >= 0.3 is 0 Å². The highest BCUT2D eigenvalue weighted by atomic mass is 32.2. The number of sulfone groups is 1. The SMILES string of the molecule is CCNC(=NCC1(S(C)(=O)=O)CCOCC1)N(C)Cc1csc(C)n1. The van der Waals surface area contributed by atoms with Crippen LogP contribution >= 0.6 is 11.3 Å². The van der Waals surface area contributed by atoms with E-state index in [-0.39, 0.29) is 6.54 Å². The van der Waals surface area contributed by atoms with E-state index >= 15 is 0 Å². The van der Waals surface area contributed by atoms with Gasteiger partial charge in [0.15, 0.2) is 15.8 Å². The molecule has 0 amide bonds. The lowest BCUT2D eigenvalue weighted by molar-refractivity contribution is 0.0767. The fourth-order valence-corrected chi connectivity index (χ4v) is 4.69. The molecule has 142 valence electrons. The molecule has 9 heteroatoms. The zero-order chi connectivity index (χ0) is 18.5. The topological polar surface area (TPSA) is 83.9 Å². The molecule has 1 aliphatic heterocycles. The molecular weight excluding hydrogens is 360 g/mol. The van der Waals surface area contributed by atoms with Crippen LogP contribution in [0.15, 0.2) is 10.4 Å². The number of guanidine groups is 1. The third-order valence-electron chi connectivity index (χ3n) is 4.47. The number of aliphatic imine (C=N–C) groups is 1. The molecule has 1 aliphatic rings. The average Bonchev–Trinajstić information content (AvgIpc) is 2.96. The zero-order valence-corrected chi connectivity index (χ0v) is 17.0. The smallest absolute Gasteiger partial charge is 0.194 e. The van der Waals surface area contributed by atoms with Crippen LogP contribution in [0, 0.1) is 6.92 Å². The summed E-state index contributed by atoms with van der Waals surface area (Å²) in [5.41, 5.74) is 0.986. The Bertz CT molecular complexity index is 694. The summed E-state index contributed by atoms with van der Waals surface area (Å²) in [6.45, 7) is 6.50. The van der Waals surface area contributed by atoms with Crippen molar-refractivity contribution in [3.63, 3.8) is 0 Å². The molecule has 1 N–H and O–H groups in total. The van der Waals surface area contributed by atoms with Gasteiger partial charge in [-0.15, -0.1) is 11.3 Å². The summed E-state index contributed by atoms with van der Waals surface area (Å²) in [6, 6.07) is 0. The summed E-state index contributed by atoms with van der Waals surface area (Å²) >= 11 is 1.62. The van der Waals surface area contributed by atoms with Gasteiger partial charge in [-0.1, -0.05) is 0 Å². The molecule has 0 aromatic carbocycles. The molecule has 2 rings (SSSR count). The van der Waals surface area contributed by atoms with Crippen molar-refractivity contribution >= 4 is 27.1 Å². The van der Waals surface area contributed by atoms with Gasteiger partial charge in [0.25, 0.3) is 0 Å². The first-order chi connectivity index (χ1) is 11.8. The maximum atomic E-state index is 12.4. The lowest BCUT2D eigenvalue weighted by Gasteiger charge is -2.34. The van der Waals surface area contributed by atoms with Gasteiger partial charge in [0.1, 0.15) is 0 Å². The van der Waals surface area contributed by atoms with Crippen molar-refractivity contribution in [3.05, 3.63) is 16.1 Å². The maximum Gasteiger partial charge on any atom is 0.194 e. The van der Waals surface area contributed by atoms with Gasteiger partial charge in [0.05, 0.1) is 28.5 Å². The fourth-order valence-electron chi connectivity index (χ4n) is 2.88. The van der Waals surface area contributed by atoms with Gasteiger partial charge in [-0.3, -0.25) is 4.99 Å². The Hall–Kier alpha value is -1.19. The largest absolute Gasteiger partial charge is 0.381 e. The van der Waals surface area contributed by atoms with E-state index in [4.69, 9.17) is 4.74 Å². The lowest BCUT2D eigenvalue weighted by Crippen LogP contribution is -2.47. The number of hydrogen-bond acceptors (Lipinski definition) is 6. The van der Waals surface area contributed by atoms with Crippen molar-refractivity contribution in [1.82, 2.24) is 15.2 Å². The van der Waals surface area contributed by atoms with Crippen LogP contribution in [0.3, 0.4) is 0 Å². The van der Waals surface area contributed by atoms with E-state index in [2.05, 4.69) is 15.3 Å². The van der Waals surface area contributed by atoms with Gasteiger partial charge in [-0.25, -0.2) is 13.4 Å². The summed E-state index contributed by atoms with van der Waals surface area (Å²) in [6.07, 6.45) is 2.29. The minimum Gasteiger partial charge on any atom is -0.381 e. The van der Waals surface area contributed by atoms with Gasteiger partial charge in [0.2, 0.25) is 0 Å². The molecule has 7 nitrogen and oxygen atoms in total. The zero-order valence-electron chi connectivity index (χ0n) is 15.4. The Morgan fingerprint density at radius 2 is 2.16 bits per heavy atom. The molecule has 0 aliphatic carbocycles. The third-order valence-corrected chi connectivity index (χ3v) is 7.40. The van der Waals surface area contributed by atoms with Crippen molar-refractivity contribution in [3.8, 4) is 0 Å². The number of ether oxygens (including phenoxy) is 1. The van der Waals surface area contributed by atoms with Crippen molar-refractivity contribution in [1.29, 1.82) is 0 Å². The number of nitrogens with one attached hydrogen (secondary N) is 1. The second-order valence-electron chi connectivity index (χ2n) is 6.45. The Morgan fingerprint density at radius 3 is 2.68 bits per heavy atom. The predicted molar refractivity (Wildman–Crippen MR) is 102 cm³/mol. The highest BCUT2D eigenvalue weighted by Gasteiger charge is 2.42. The molecule has 1 fully saturated rings. The number of aromatic nitrogens is 1. The molecule has 0 saturated carbocycles. The van der Waals surface area contributed by atoms with E-state index in [1.54, 1.807) is 11.3 Å². The molecule has 2 heterocycles. The first-order valence-electron chi connectivity index (χ1n) is 8.45. The lowest BCUT2D eigenvalue weighted by atomic mass is 9.99.